The first-order valence-electron chi connectivity index (χ1n) is 12.3. The third-order valence-corrected chi connectivity index (χ3v) is 5.92. The molecule has 0 saturated carbocycles. The summed E-state index contributed by atoms with van der Waals surface area (Å²) in [6.07, 6.45) is 7.29. The number of hydrogen-bond donors (Lipinski definition) is 0. The minimum Gasteiger partial charge on any atom is -0.494 e. The Morgan fingerprint density at radius 1 is 0.625 bits per heavy atom. The third kappa shape index (κ3) is 6.97. The topological polar surface area (TPSA) is 18.5 Å². The molecule has 170 valence electrons. The fourth-order valence-electron chi connectivity index (χ4n) is 3.87. The van der Waals surface area contributed by atoms with Gasteiger partial charge in [-0.3, -0.25) is 0 Å². The minimum atomic E-state index is 0.125. The van der Waals surface area contributed by atoms with Crippen LogP contribution >= 0.6 is 0 Å². The molecule has 0 aromatic heterocycles. The Kier molecular flexibility index (Phi) is 9.84. The molecule has 0 aliphatic carbocycles. The van der Waals surface area contributed by atoms with E-state index in [1.807, 2.05) is 0 Å². The van der Waals surface area contributed by atoms with Gasteiger partial charge in [0, 0.05) is 6.61 Å². The van der Waals surface area contributed by atoms with Crippen LogP contribution in [0.1, 0.15) is 71.0 Å². The van der Waals surface area contributed by atoms with Gasteiger partial charge in [-0.2, -0.15) is 0 Å². The molecule has 0 aliphatic rings. The molecule has 0 aliphatic heterocycles. The van der Waals surface area contributed by atoms with Gasteiger partial charge in [0.2, 0.25) is 0 Å². The highest BCUT2D eigenvalue weighted by molar-refractivity contribution is 5.83. The van der Waals surface area contributed by atoms with Crippen LogP contribution in [0.15, 0.2) is 72.8 Å². The maximum atomic E-state index is 5.95. The number of ether oxygens (including phenoxy) is 2. The van der Waals surface area contributed by atoms with Crippen molar-refractivity contribution in [2.75, 3.05) is 13.2 Å². The van der Waals surface area contributed by atoms with Gasteiger partial charge >= 0.3 is 0 Å². The summed E-state index contributed by atoms with van der Waals surface area (Å²) in [6, 6.07) is 25.9. The molecule has 1 unspecified atom stereocenters. The van der Waals surface area contributed by atoms with Crippen LogP contribution in [0.3, 0.4) is 0 Å². The van der Waals surface area contributed by atoms with E-state index in [1.165, 1.54) is 47.1 Å². The zero-order valence-electron chi connectivity index (χ0n) is 20.0. The Bertz CT molecular complexity index is 912. The normalized spacial score (nSPS) is 12.0. The summed E-state index contributed by atoms with van der Waals surface area (Å²) < 4.78 is 11.9. The van der Waals surface area contributed by atoms with E-state index in [1.54, 1.807) is 0 Å². The summed E-state index contributed by atoms with van der Waals surface area (Å²) in [4.78, 5) is 0. The molecule has 3 aromatic carbocycles. The van der Waals surface area contributed by atoms with Crippen LogP contribution in [-0.4, -0.2) is 13.2 Å². The summed E-state index contributed by atoms with van der Waals surface area (Å²) in [5, 5.41) is 0. The second-order valence-corrected chi connectivity index (χ2v) is 8.47. The minimum absolute atomic E-state index is 0.125. The summed E-state index contributed by atoms with van der Waals surface area (Å²) in [5.41, 5.74) is 6.14. The molecule has 0 fully saturated rings. The van der Waals surface area contributed by atoms with Crippen molar-refractivity contribution in [1.82, 2.24) is 0 Å². The molecule has 0 radical (unpaired) electrons. The lowest BCUT2D eigenvalue weighted by Crippen LogP contribution is -2.01. The van der Waals surface area contributed by atoms with Crippen LogP contribution in [0.25, 0.3) is 22.3 Å². The molecule has 0 saturated heterocycles. The average Bonchev–Trinajstić information content (AvgIpc) is 2.84. The SMILES string of the molecule is CCCCCCOc1ccc(-c2ccccc2-c2ccc(C(C)OCCCC)cc2)cc1. The van der Waals surface area contributed by atoms with Gasteiger partial charge in [-0.05, 0) is 59.7 Å². The molecule has 1 atom stereocenters. The quantitative estimate of drug-likeness (QED) is 0.252. The lowest BCUT2D eigenvalue weighted by Gasteiger charge is -2.15. The van der Waals surface area contributed by atoms with Crippen molar-refractivity contribution < 1.29 is 9.47 Å². The predicted octanol–water partition coefficient (Wildman–Crippen LogP) is 8.86. The van der Waals surface area contributed by atoms with Gasteiger partial charge in [0.05, 0.1) is 12.7 Å². The predicted molar refractivity (Wildman–Crippen MR) is 136 cm³/mol. The van der Waals surface area contributed by atoms with Gasteiger partial charge in [0.25, 0.3) is 0 Å². The van der Waals surface area contributed by atoms with Gasteiger partial charge < -0.3 is 9.47 Å². The number of unbranched alkanes of at least 4 members (excludes halogenated alkanes) is 4. The van der Waals surface area contributed by atoms with Gasteiger partial charge in [-0.15, -0.1) is 0 Å². The van der Waals surface area contributed by atoms with Gasteiger partial charge in [0.1, 0.15) is 5.75 Å². The Hall–Kier alpha value is -2.58. The number of hydrogen-bond acceptors (Lipinski definition) is 2. The van der Waals surface area contributed by atoms with Crippen LogP contribution in [0, 0.1) is 0 Å². The molecule has 32 heavy (non-hydrogen) atoms. The Labute approximate surface area is 194 Å². The highest BCUT2D eigenvalue weighted by Gasteiger charge is 2.10. The smallest absolute Gasteiger partial charge is 0.119 e. The lowest BCUT2D eigenvalue weighted by atomic mass is 9.94. The molecule has 2 heteroatoms. The molecular weight excluding hydrogens is 392 g/mol. The van der Waals surface area contributed by atoms with E-state index in [-0.39, 0.29) is 6.10 Å². The summed E-state index contributed by atoms with van der Waals surface area (Å²) in [7, 11) is 0. The number of rotatable bonds is 13. The van der Waals surface area contributed by atoms with Crippen LogP contribution in [0.4, 0.5) is 0 Å². The first-order valence-corrected chi connectivity index (χ1v) is 12.3. The Morgan fingerprint density at radius 3 is 1.81 bits per heavy atom. The first kappa shape index (κ1) is 24.1. The van der Waals surface area contributed by atoms with Crippen LogP contribution in [-0.2, 0) is 4.74 Å². The largest absolute Gasteiger partial charge is 0.494 e. The maximum absolute atomic E-state index is 5.95. The zero-order chi connectivity index (χ0) is 22.6. The summed E-state index contributed by atoms with van der Waals surface area (Å²) >= 11 is 0. The molecule has 0 heterocycles. The lowest BCUT2D eigenvalue weighted by molar-refractivity contribution is 0.0637. The van der Waals surface area contributed by atoms with E-state index in [0.29, 0.717) is 0 Å². The second kappa shape index (κ2) is 13.1. The van der Waals surface area contributed by atoms with Crippen molar-refractivity contribution >= 4 is 0 Å². The van der Waals surface area contributed by atoms with Crippen LogP contribution in [0.5, 0.6) is 5.75 Å². The van der Waals surface area contributed by atoms with Crippen molar-refractivity contribution in [3.63, 3.8) is 0 Å². The zero-order valence-corrected chi connectivity index (χ0v) is 20.0. The molecular formula is C30H38O2. The van der Waals surface area contributed by atoms with Crippen molar-refractivity contribution in [1.29, 1.82) is 0 Å². The van der Waals surface area contributed by atoms with Crippen molar-refractivity contribution in [3.8, 4) is 28.0 Å². The van der Waals surface area contributed by atoms with E-state index >= 15 is 0 Å². The van der Waals surface area contributed by atoms with Gasteiger partial charge in [-0.1, -0.05) is 100 Å². The van der Waals surface area contributed by atoms with Gasteiger partial charge in [-0.25, -0.2) is 0 Å². The number of benzene rings is 3. The molecule has 0 spiro atoms. The van der Waals surface area contributed by atoms with E-state index in [4.69, 9.17) is 9.47 Å². The monoisotopic (exact) mass is 430 g/mol. The van der Waals surface area contributed by atoms with Crippen molar-refractivity contribution in [3.05, 3.63) is 78.4 Å². The molecule has 0 bridgehead atoms. The fraction of sp³-hybridized carbons (Fsp3) is 0.400. The van der Waals surface area contributed by atoms with Crippen molar-refractivity contribution in [2.24, 2.45) is 0 Å². The van der Waals surface area contributed by atoms with E-state index in [0.717, 1.165) is 38.2 Å². The Balaban J connectivity index is 1.69. The first-order chi connectivity index (χ1) is 15.7. The second-order valence-electron chi connectivity index (χ2n) is 8.47. The average molecular weight is 431 g/mol. The molecule has 0 N–H and O–H groups in total. The molecule has 2 nitrogen and oxygen atoms in total. The fourth-order valence-corrected chi connectivity index (χ4v) is 3.87. The van der Waals surface area contributed by atoms with Crippen LogP contribution < -0.4 is 4.74 Å². The van der Waals surface area contributed by atoms with Crippen molar-refractivity contribution in [2.45, 2.75) is 65.4 Å². The van der Waals surface area contributed by atoms with E-state index in [2.05, 4.69) is 93.6 Å². The molecule has 0 amide bonds. The summed E-state index contributed by atoms with van der Waals surface area (Å²) in [5.74, 6) is 0.948. The highest BCUT2D eigenvalue weighted by atomic mass is 16.5. The molecule has 3 rings (SSSR count). The van der Waals surface area contributed by atoms with E-state index < -0.39 is 0 Å². The Morgan fingerprint density at radius 2 is 1.22 bits per heavy atom. The van der Waals surface area contributed by atoms with Crippen LogP contribution in [0.2, 0.25) is 0 Å². The highest BCUT2D eigenvalue weighted by Crippen LogP contribution is 2.33. The van der Waals surface area contributed by atoms with E-state index in [9.17, 15) is 0 Å². The third-order valence-electron chi connectivity index (χ3n) is 5.92. The summed E-state index contributed by atoms with van der Waals surface area (Å²) in [6.45, 7) is 8.17. The molecule has 3 aromatic rings. The van der Waals surface area contributed by atoms with Gasteiger partial charge in [0.15, 0.2) is 0 Å². The standard InChI is InChI=1S/C30H38O2/c1-4-6-8-11-23-32-28-20-18-27(19-21-28)30-13-10-9-12-29(30)26-16-14-25(15-17-26)24(3)31-22-7-5-2/h9-10,12-21,24H,4-8,11,22-23H2,1-3H3. The maximum Gasteiger partial charge on any atom is 0.119 e.